The highest BCUT2D eigenvalue weighted by molar-refractivity contribution is 7.91. The van der Waals surface area contributed by atoms with Crippen LogP contribution in [0.1, 0.15) is 100 Å². The van der Waals surface area contributed by atoms with Gasteiger partial charge in [-0.25, -0.2) is 18.0 Å². The largest absolute Gasteiger partial charge is 0.450 e. The van der Waals surface area contributed by atoms with Crippen LogP contribution in [0.2, 0.25) is 0 Å². The molecule has 14 nitrogen and oxygen atoms in total. The van der Waals surface area contributed by atoms with Crippen molar-refractivity contribution in [3.05, 3.63) is 47.5 Å². The van der Waals surface area contributed by atoms with E-state index in [9.17, 15) is 32.4 Å². The van der Waals surface area contributed by atoms with Gasteiger partial charge >= 0.3 is 12.2 Å². The fourth-order valence-corrected chi connectivity index (χ4v) is 9.96. The monoisotopic (exact) mass is 753 g/mol. The zero-order valence-corrected chi connectivity index (χ0v) is 31.0. The maximum absolute atomic E-state index is 14.6. The standard InChI is InChI=1S/C38H51N5O9S/c1-2-27-20-38(27,35(46)41-53(49,50)29-16-17-29)40-33(44)31-19-28-22-43(31)34(45)32(25-12-7-5-8-13-25)39-36(47)51-18-9-4-3-6-11-24-14-10-15-26-21-42(23-30(24)26)37(48)52-28/h2,10,14-15,25,27-29,31-32H,1,3-9,11-13,16-23H2,(H,39,47)(H,40,44)(H,41,46)/t27-,28+,31-,32-,38+/m0/s1. The van der Waals surface area contributed by atoms with Gasteiger partial charge in [0.1, 0.15) is 23.7 Å². The number of fused-ring (bicyclic) bond motifs is 3. The Labute approximate surface area is 310 Å². The number of sulfonamides is 1. The van der Waals surface area contributed by atoms with Gasteiger partial charge in [-0.05, 0) is 74.0 Å². The molecule has 0 unspecified atom stereocenters. The number of carbonyl (C=O) groups is 5. The van der Waals surface area contributed by atoms with Crippen LogP contribution >= 0.6 is 0 Å². The molecule has 0 radical (unpaired) electrons. The van der Waals surface area contributed by atoms with Crippen molar-refractivity contribution >= 4 is 39.9 Å². The second kappa shape index (κ2) is 15.3. The van der Waals surface area contributed by atoms with Gasteiger partial charge in [-0.1, -0.05) is 56.4 Å². The first kappa shape index (κ1) is 37.2. The van der Waals surface area contributed by atoms with E-state index in [1.807, 2.05) is 12.1 Å². The van der Waals surface area contributed by atoms with Crippen LogP contribution in [-0.4, -0.2) is 90.3 Å². The number of ether oxygens (including phenoxy) is 2. The number of aryl methyl sites for hydroxylation is 1. The average molecular weight is 754 g/mol. The van der Waals surface area contributed by atoms with E-state index in [1.54, 1.807) is 4.90 Å². The Hall–Kier alpha value is -4.14. The van der Waals surface area contributed by atoms with Gasteiger partial charge in [-0.15, -0.1) is 6.58 Å². The molecule has 15 heteroatoms. The Kier molecular flexibility index (Phi) is 10.7. The summed E-state index contributed by atoms with van der Waals surface area (Å²) < 4.78 is 39.1. The molecule has 1 aromatic rings. The molecule has 53 heavy (non-hydrogen) atoms. The third-order valence-corrected chi connectivity index (χ3v) is 13.8. The summed E-state index contributed by atoms with van der Waals surface area (Å²) >= 11 is 0. The van der Waals surface area contributed by atoms with Gasteiger partial charge in [0.2, 0.25) is 21.8 Å². The molecular formula is C38H51N5O9S. The van der Waals surface area contributed by atoms with Crippen LogP contribution in [-0.2, 0) is 53.4 Å². The molecule has 1 aromatic carbocycles. The van der Waals surface area contributed by atoms with Crippen LogP contribution in [0.3, 0.4) is 0 Å². The molecule has 1 saturated heterocycles. The van der Waals surface area contributed by atoms with Crippen molar-refractivity contribution in [2.45, 2.75) is 132 Å². The lowest BCUT2D eigenvalue weighted by molar-refractivity contribution is -0.142. The molecule has 4 bridgehead atoms. The van der Waals surface area contributed by atoms with E-state index < -0.39 is 74.8 Å². The van der Waals surface area contributed by atoms with E-state index in [2.05, 4.69) is 28.0 Å². The maximum atomic E-state index is 14.6. The minimum Gasteiger partial charge on any atom is -0.450 e. The number of alkyl carbamates (subject to hydrolysis) is 1. The molecule has 0 spiro atoms. The van der Waals surface area contributed by atoms with Crippen molar-refractivity contribution < 1.29 is 41.9 Å². The lowest BCUT2D eigenvalue weighted by atomic mass is 9.83. The highest BCUT2D eigenvalue weighted by atomic mass is 32.2. The summed E-state index contributed by atoms with van der Waals surface area (Å²) in [7, 11) is -3.90. The van der Waals surface area contributed by atoms with Crippen LogP contribution in [0.5, 0.6) is 0 Å². The lowest BCUT2D eigenvalue weighted by Crippen LogP contribution is -2.59. The molecular weight excluding hydrogens is 703 g/mol. The summed E-state index contributed by atoms with van der Waals surface area (Å²) in [5.74, 6) is -2.73. The Balaban J connectivity index is 1.15. The number of amides is 5. The molecule has 3 N–H and O–H groups in total. The number of nitrogens with zero attached hydrogens (tertiary/aromatic N) is 2. The Bertz CT molecular complexity index is 1740. The zero-order chi connectivity index (χ0) is 37.3. The summed E-state index contributed by atoms with van der Waals surface area (Å²) in [5, 5.41) is 4.97. The van der Waals surface area contributed by atoms with E-state index in [0.29, 0.717) is 45.2 Å². The van der Waals surface area contributed by atoms with Gasteiger partial charge < -0.3 is 25.0 Å². The van der Waals surface area contributed by atoms with Crippen LogP contribution in [0.4, 0.5) is 9.59 Å². The molecule has 3 heterocycles. The number of carbonyl (C=O) groups excluding carboxylic acids is 5. The molecule has 3 aliphatic carbocycles. The van der Waals surface area contributed by atoms with E-state index in [-0.39, 0.29) is 31.9 Å². The van der Waals surface area contributed by atoms with Gasteiger partial charge in [-0.3, -0.25) is 24.0 Å². The summed E-state index contributed by atoms with van der Waals surface area (Å²) in [6, 6.07) is 3.96. The fraction of sp³-hybridized carbons (Fsp3) is 0.658. The van der Waals surface area contributed by atoms with Crippen molar-refractivity contribution in [3.8, 4) is 0 Å². The van der Waals surface area contributed by atoms with Crippen molar-refractivity contribution in [2.75, 3.05) is 13.2 Å². The second-order valence-corrected chi connectivity index (χ2v) is 17.6. The maximum Gasteiger partial charge on any atom is 0.410 e. The summed E-state index contributed by atoms with van der Waals surface area (Å²) in [4.78, 5) is 72.2. The van der Waals surface area contributed by atoms with Crippen molar-refractivity contribution in [1.29, 1.82) is 0 Å². The number of nitrogens with one attached hydrogen (secondary N) is 3. The second-order valence-electron chi connectivity index (χ2n) is 15.7. The third kappa shape index (κ3) is 8.04. The van der Waals surface area contributed by atoms with E-state index in [4.69, 9.17) is 9.47 Å². The van der Waals surface area contributed by atoms with Gasteiger partial charge in [0.25, 0.3) is 5.91 Å². The topological polar surface area (TPSA) is 181 Å². The molecule has 0 aromatic heterocycles. The fourth-order valence-electron chi connectivity index (χ4n) is 8.60. The van der Waals surface area contributed by atoms with Crippen molar-refractivity contribution in [3.63, 3.8) is 0 Å². The Morgan fingerprint density at radius 3 is 2.43 bits per heavy atom. The van der Waals surface area contributed by atoms with Crippen molar-refractivity contribution in [2.24, 2.45) is 11.8 Å². The SMILES string of the molecule is C=C[C@H]1C[C@]1(NC(=O)[C@@H]1C[C@@H]2CN1C(=O)[C@H](C1CCCCC1)NC(=O)OCCCCCCc1cccc3c1CN(C3)C(=O)O2)C(=O)NS(=O)(=O)C1CC1. The van der Waals surface area contributed by atoms with Gasteiger partial charge in [0.15, 0.2) is 0 Å². The van der Waals surface area contributed by atoms with Gasteiger partial charge in [0, 0.05) is 25.4 Å². The first-order valence-electron chi connectivity index (χ1n) is 19.3. The van der Waals surface area contributed by atoms with Gasteiger partial charge in [0.05, 0.1) is 18.4 Å². The first-order chi connectivity index (χ1) is 25.5. The number of hydrogen-bond acceptors (Lipinski definition) is 9. The van der Waals surface area contributed by atoms with Crippen molar-refractivity contribution in [1.82, 2.24) is 25.2 Å². The third-order valence-electron chi connectivity index (χ3n) is 11.9. The predicted octanol–water partition coefficient (Wildman–Crippen LogP) is 3.57. The van der Waals surface area contributed by atoms with Crippen LogP contribution in [0.25, 0.3) is 0 Å². The molecule has 7 rings (SSSR count). The number of hydrogen-bond donors (Lipinski definition) is 3. The normalized spacial score (nSPS) is 30.1. The van der Waals surface area contributed by atoms with E-state index >= 15 is 0 Å². The molecule has 3 aliphatic heterocycles. The average Bonchev–Trinajstić information content (AvgIpc) is 4.04. The summed E-state index contributed by atoms with van der Waals surface area (Å²) in [5.41, 5.74) is 1.81. The van der Waals surface area contributed by atoms with Gasteiger partial charge in [-0.2, -0.15) is 0 Å². The number of benzene rings is 1. The molecule has 5 atom stereocenters. The van der Waals surface area contributed by atoms with Crippen LogP contribution < -0.4 is 15.4 Å². The minimum atomic E-state index is -3.90. The smallest absolute Gasteiger partial charge is 0.410 e. The number of rotatable bonds is 7. The van der Waals surface area contributed by atoms with E-state index in [1.165, 1.54) is 16.5 Å². The summed E-state index contributed by atoms with van der Waals surface area (Å²) in [6.45, 7) is 4.67. The molecule has 288 valence electrons. The Morgan fingerprint density at radius 1 is 0.962 bits per heavy atom. The number of cyclic esters (lactones) is 1. The van der Waals surface area contributed by atoms with Crippen LogP contribution in [0, 0.1) is 11.8 Å². The molecule has 4 fully saturated rings. The predicted molar refractivity (Wildman–Crippen MR) is 192 cm³/mol. The Morgan fingerprint density at radius 2 is 1.70 bits per heavy atom. The molecule has 3 saturated carbocycles. The highest BCUT2D eigenvalue weighted by Crippen LogP contribution is 2.45. The highest BCUT2D eigenvalue weighted by Gasteiger charge is 2.62. The van der Waals surface area contributed by atoms with E-state index in [0.717, 1.165) is 56.1 Å². The molecule has 6 aliphatic rings. The van der Waals surface area contributed by atoms with Crippen LogP contribution in [0.15, 0.2) is 30.9 Å². The quantitative estimate of drug-likeness (QED) is 0.351. The molecule has 5 amide bonds. The first-order valence-corrected chi connectivity index (χ1v) is 20.8. The summed E-state index contributed by atoms with van der Waals surface area (Å²) in [6.07, 6.45) is 8.94. The minimum absolute atomic E-state index is 0.0476. The lowest BCUT2D eigenvalue weighted by Gasteiger charge is -2.34. The zero-order valence-electron chi connectivity index (χ0n) is 30.2.